The molecule has 2 bridgehead atoms. The molecule has 1 aliphatic heterocycles. The van der Waals surface area contributed by atoms with Gasteiger partial charge in [-0.05, 0) is 36.7 Å². The van der Waals surface area contributed by atoms with Gasteiger partial charge in [-0.15, -0.1) is 0 Å². The Bertz CT molecular complexity index is 436. The Labute approximate surface area is 122 Å². The van der Waals surface area contributed by atoms with E-state index in [1.54, 1.807) is 0 Å². The smallest absolute Gasteiger partial charge is 0.0234 e. The molecule has 2 aliphatic carbocycles. The summed E-state index contributed by atoms with van der Waals surface area (Å²) in [5.41, 5.74) is 1.46. The summed E-state index contributed by atoms with van der Waals surface area (Å²) in [5.74, 6) is 2.12. The minimum atomic E-state index is 0.938. The van der Waals surface area contributed by atoms with Crippen LogP contribution in [0.2, 0.25) is 0 Å². The van der Waals surface area contributed by atoms with Crippen LogP contribution >= 0.6 is 0 Å². The largest absolute Gasteiger partial charge is 0.298 e. The summed E-state index contributed by atoms with van der Waals surface area (Å²) in [6.45, 7) is 6.22. The molecule has 0 amide bonds. The highest BCUT2D eigenvalue weighted by Gasteiger charge is 2.42. The van der Waals surface area contributed by atoms with E-state index in [-0.39, 0.29) is 0 Å². The van der Waals surface area contributed by atoms with Crippen LogP contribution in [0.5, 0.6) is 0 Å². The number of rotatable bonds is 3. The fourth-order valence-electron chi connectivity index (χ4n) is 4.75. The molecular weight excluding hydrogens is 244 g/mol. The second-order valence-corrected chi connectivity index (χ2v) is 7.04. The summed E-state index contributed by atoms with van der Waals surface area (Å²) < 4.78 is 0. The maximum absolute atomic E-state index is 2.81. The van der Waals surface area contributed by atoms with Crippen molar-refractivity contribution in [3.05, 3.63) is 35.9 Å². The van der Waals surface area contributed by atoms with Gasteiger partial charge >= 0.3 is 0 Å². The average Bonchev–Trinajstić information content (AvgIpc) is 3.12. The molecule has 3 aliphatic rings. The Kier molecular flexibility index (Phi) is 3.53. The molecular formula is C18H26N2. The quantitative estimate of drug-likeness (QED) is 0.833. The Hall–Kier alpha value is -0.860. The first-order valence-corrected chi connectivity index (χ1v) is 8.39. The van der Waals surface area contributed by atoms with Crippen molar-refractivity contribution >= 4 is 0 Å². The Morgan fingerprint density at radius 1 is 0.900 bits per heavy atom. The topological polar surface area (TPSA) is 6.48 Å². The number of piperazine rings is 1. The molecule has 0 N–H and O–H groups in total. The lowest BCUT2D eigenvalue weighted by atomic mass is 9.93. The molecule has 20 heavy (non-hydrogen) atoms. The monoisotopic (exact) mass is 270 g/mol. The van der Waals surface area contributed by atoms with E-state index in [4.69, 9.17) is 0 Å². The first-order valence-electron chi connectivity index (χ1n) is 8.39. The SMILES string of the molecule is c1ccc(CN2CCN([C@H]3C[C@@H]4CC[C@@H]3C4)CC2)cc1. The van der Waals surface area contributed by atoms with Gasteiger partial charge < -0.3 is 0 Å². The van der Waals surface area contributed by atoms with E-state index in [9.17, 15) is 0 Å². The lowest BCUT2D eigenvalue weighted by Crippen LogP contribution is -2.51. The molecule has 0 radical (unpaired) electrons. The van der Waals surface area contributed by atoms with Crippen molar-refractivity contribution in [1.82, 2.24) is 9.80 Å². The van der Waals surface area contributed by atoms with E-state index in [0.717, 1.165) is 24.4 Å². The van der Waals surface area contributed by atoms with Gasteiger partial charge in [0.2, 0.25) is 0 Å². The van der Waals surface area contributed by atoms with Crippen LogP contribution in [-0.4, -0.2) is 42.0 Å². The van der Waals surface area contributed by atoms with E-state index in [0.29, 0.717) is 0 Å². The van der Waals surface area contributed by atoms with Gasteiger partial charge in [0, 0.05) is 38.8 Å². The molecule has 4 rings (SSSR count). The van der Waals surface area contributed by atoms with Crippen LogP contribution in [-0.2, 0) is 6.54 Å². The van der Waals surface area contributed by atoms with Crippen molar-refractivity contribution in [1.29, 1.82) is 0 Å². The van der Waals surface area contributed by atoms with Gasteiger partial charge in [-0.2, -0.15) is 0 Å². The van der Waals surface area contributed by atoms with Gasteiger partial charge in [0.05, 0.1) is 0 Å². The summed E-state index contributed by atoms with van der Waals surface area (Å²) in [6.07, 6.45) is 6.08. The standard InChI is InChI=1S/C18H26N2/c1-2-4-15(5-3-1)14-19-8-10-20(11-9-19)18-13-16-6-7-17(18)12-16/h1-5,16-18H,6-14H2/t16-,17-,18+/m1/s1. The number of nitrogens with zero attached hydrogens (tertiary/aromatic N) is 2. The Balaban J connectivity index is 1.30. The predicted molar refractivity (Wildman–Crippen MR) is 82.5 cm³/mol. The number of hydrogen-bond acceptors (Lipinski definition) is 2. The molecule has 2 nitrogen and oxygen atoms in total. The predicted octanol–water partition coefficient (Wildman–Crippen LogP) is 2.99. The Morgan fingerprint density at radius 3 is 2.35 bits per heavy atom. The van der Waals surface area contributed by atoms with Crippen molar-refractivity contribution in [3.8, 4) is 0 Å². The van der Waals surface area contributed by atoms with Crippen molar-refractivity contribution in [3.63, 3.8) is 0 Å². The van der Waals surface area contributed by atoms with Gasteiger partial charge in [0.1, 0.15) is 0 Å². The molecule has 3 fully saturated rings. The van der Waals surface area contributed by atoms with E-state index in [1.165, 1.54) is 57.4 Å². The number of fused-ring (bicyclic) bond motifs is 2. The minimum Gasteiger partial charge on any atom is -0.298 e. The fourth-order valence-corrected chi connectivity index (χ4v) is 4.75. The fraction of sp³-hybridized carbons (Fsp3) is 0.667. The maximum atomic E-state index is 2.81. The highest BCUT2D eigenvalue weighted by Crippen LogP contribution is 2.46. The van der Waals surface area contributed by atoms with Crippen molar-refractivity contribution in [2.24, 2.45) is 11.8 Å². The van der Waals surface area contributed by atoms with E-state index >= 15 is 0 Å². The van der Waals surface area contributed by atoms with Gasteiger partial charge in [0.15, 0.2) is 0 Å². The van der Waals surface area contributed by atoms with E-state index in [1.807, 2.05) is 0 Å². The van der Waals surface area contributed by atoms with E-state index < -0.39 is 0 Å². The Morgan fingerprint density at radius 2 is 1.70 bits per heavy atom. The van der Waals surface area contributed by atoms with Crippen molar-refractivity contribution in [2.45, 2.75) is 38.3 Å². The molecule has 108 valence electrons. The molecule has 0 unspecified atom stereocenters. The molecule has 1 heterocycles. The van der Waals surface area contributed by atoms with Crippen LogP contribution in [0.25, 0.3) is 0 Å². The maximum Gasteiger partial charge on any atom is 0.0234 e. The zero-order chi connectivity index (χ0) is 13.4. The van der Waals surface area contributed by atoms with Gasteiger partial charge in [-0.3, -0.25) is 9.80 Å². The van der Waals surface area contributed by atoms with Gasteiger partial charge in [0.25, 0.3) is 0 Å². The third-order valence-electron chi connectivity index (χ3n) is 5.83. The summed E-state index contributed by atoms with van der Waals surface area (Å²) in [7, 11) is 0. The minimum absolute atomic E-state index is 0.938. The highest BCUT2D eigenvalue weighted by molar-refractivity contribution is 5.14. The van der Waals surface area contributed by atoms with Crippen molar-refractivity contribution in [2.75, 3.05) is 26.2 Å². The lowest BCUT2D eigenvalue weighted by molar-refractivity contribution is 0.0680. The highest BCUT2D eigenvalue weighted by atomic mass is 15.3. The number of benzene rings is 1. The van der Waals surface area contributed by atoms with Crippen molar-refractivity contribution < 1.29 is 0 Å². The summed E-state index contributed by atoms with van der Waals surface area (Å²) in [5, 5.41) is 0. The normalized spacial score (nSPS) is 34.7. The van der Waals surface area contributed by atoms with Gasteiger partial charge in [-0.25, -0.2) is 0 Å². The van der Waals surface area contributed by atoms with Crippen LogP contribution < -0.4 is 0 Å². The average molecular weight is 270 g/mol. The summed E-state index contributed by atoms with van der Waals surface area (Å²) in [4.78, 5) is 5.43. The van der Waals surface area contributed by atoms with Gasteiger partial charge in [-0.1, -0.05) is 36.8 Å². The molecule has 2 saturated carbocycles. The van der Waals surface area contributed by atoms with Crippen LogP contribution in [0.15, 0.2) is 30.3 Å². The van der Waals surface area contributed by atoms with Crippen LogP contribution in [0.3, 0.4) is 0 Å². The molecule has 3 atom stereocenters. The molecule has 1 aromatic rings. The third-order valence-corrected chi connectivity index (χ3v) is 5.83. The molecule has 0 aromatic heterocycles. The molecule has 0 spiro atoms. The first kappa shape index (κ1) is 12.8. The zero-order valence-electron chi connectivity index (χ0n) is 12.4. The number of hydrogen-bond donors (Lipinski definition) is 0. The van der Waals surface area contributed by atoms with E-state index in [2.05, 4.69) is 40.1 Å². The molecule has 1 saturated heterocycles. The summed E-state index contributed by atoms with van der Waals surface area (Å²) in [6, 6.07) is 11.9. The second-order valence-electron chi connectivity index (χ2n) is 7.04. The van der Waals surface area contributed by atoms with Crippen LogP contribution in [0, 0.1) is 11.8 Å². The second kappa shape index (κ2) is 5.50. The molecule has 1 aromatic carbocycles. The van der Waals surface area contributed by atoms with Crippen LogP contribution in [0.1, 0.15) is 31.2 Å². The summed E-state index contributed by atoms with van der Waals surface area (Å²) >= 11 is 0. The zero-order valence-corrected chi connectivity index (χ0v) is 12.4. The first-order chi connectivity index (χ1) is 9.88. The molecule has 2 heteroatoms. The lowest BCUT2D eigenvalue weighted by Gasteiger charge is -2.41. The third kappa shape index (κ3) is 2.51. The van der Waals surface area contributed by atoms with Crippen LogP contribution in [0.4, 0.5) is 0 Å².